The summed E-state index contributed by atoms with van der Waals surface area (Å²) in [4.78, 5) is 11.5. The molecule has 1 heterocycles. The molecule has 0 aromatic heterocycles. The van der Waals surface area contributed by atoms with E-state index in [4.69, 9.17) is 10.5 Å². The molecular weight excluding hydrogens is 244 g/mol. The molecule has 0 bridgehead atoms. The number of sulfone groups is 1. The third kappa shape index (κ3) is 4.91. The highest BCUT2D eigenvalue weighted by molar-refractivity contribution is 7.91. The predicted molar refractivity (Wildman–Crippen MR) is 64.4 cm³/mol. The number of carbonyl (C=O) groups is 1. The zero-order chi connectivity index (χ0) is 13.3. The van der Waals surface area contributed by atoms with Gasteiger partial charge in [-0.2, -0.15) is 0 Å². The Morgan fingerprint density at radius 1 is 1.41 bits per heavy atom. The first-order chi connectivity index (χ1) is 7.59. The summed E-state index contributed by atoms with van der Waals surface area (Å²) in [7, 11) is -3.05. The molecule has 6 nitrogen and oxygen atoms in total. The summed E-state index contributed by atoms with van der Waals surface area (Å²) in [5.41, 5.74) is 5.14. The van der Waals surface area contributed by atoms with Gasteiger partial charge in [-0.3, -0.25) is 0 Å². The number of rotatable bonds is 1. The summed E-state index contributed by atoms with van der Waals surface area (Å²) < 4.78 is 27.7. The lowest BCUT2D eigenvalue weighted by Crippen LogP contribution is -2.55. The van der Waals surface area contributed by atoms with E-state index in [1.165, 1.54) is 0 Å². The van der Waals surface area contributed by atoms with Crippen molar-refractivity contribution in [3.05, 3.63) is 0 Å². The van der Waals surface area contributed by atoms with Crippen LogP contribution in [0.5, 0.6) is 0 Å². The molecule has 0 unspecified atom stereocenters. The SMILES string of the molecule is CC(C)(C)OC(=O)N[C@@H]1CCS(=O)(=O)C[C@H]1N. The molecule has 3 N–H and O–H groups in total. The minimum Gasteiger partial charge on any atom is -0.444 e. The van der Waals surface area contributed by atoms with Crippen LogP contribution in [0.4, 0.5) is 4.79 Å². The van der Waals surface area contributed by atoms with Gasteiger partial charge in [-0.05, 0) is 27.2 Å². The molecule has 1 rings (SSSR count). The van der Waals surface area contributed by atoms with Crippen LogP contribution >= 0.6 is 0 Å². The molecule has 0 radical (unpaired) electrons. The molecule has 1 amide bonds. The lowest BCUT2D eigenvalue weighted by atomic mass is 10.1. The van der Waals surface area contributed by atoms with Gasteiger partial charge in [0.25, 0.3) is 0 Å². The third-order valence-corrected chi connectivity index (χ3v) is 4.16. The first-order valence-electron chi connectivity index (χ1n) is 5.54. The fraction of sp³-hybridized carbons (Fsp3) is 0.900. The van der Waals surface area contributed by atoms with E-state index in [9.17, 15) is 13.2 Å². The number of hydrogen-bond acceptors (Lipinski definition) is 5. The summed E-state index contributed by atoms with van der Waals surface area (Å²) in [5, 5.41) is 2.61. The topological polar surface area (TPSA) is 98.5 Å². The molecule has 0 saturated carbocycles. The average molecular weight is 264 g/mol. The van der Waals surface area contributed by atoms with Crippen LogP contribution in [0.15, 0.2) is 0 Å². The Bertz CT molecular complexity index is 386. The van der Waals surface area contributed by atoms with Crippen molar-refractivity contribution in [2.45, 2.75) is 44.9 Å². The second-order valence-corrected chi connectivity index (χ2v) is 7.55. The van der Waals surface area contributed by atoms with E-state index in [2.05, 4.69) is 5.32 Å². The lowest BCUT2D eigenvalue weighted by Gasteiger charge is -2.30. The van der Waals surface area contributed by atoms with Gasteiger partial charge in [0.2, 0.25) is 0 Å². The summed E-state index contributed by atoms with van der Waals surface area (Å²) in [5.74, 6) is -0.0331. The van der Waals surface area contributed by atoms with Gasteiger partial charge in [-0.15, -0.1) is 0 Å². The number of hydrogen-bond donors (Lipinski definition) is 2. The van der Waals surface area contributed by atoms with Crippen molar-refractivity contribution < 1.29 is 17.9 Å². The van der Waals surface area contributed by atoms with Crippen molar-refractivity contribution in [1.82, 2.24) is 5.32 Å². The van der Waals surface area contributed by atoms with Crippen LogP contribution in [0.2, 0.25) is 0 Å². The van der Waals surface area contributed by atoms with E-state index >= 15 is 0 Å². The van der Waals surface area contributed by atoms with Gasteiger partial charge in [0.1, 0.15) is 5.60 Å². The molecular formula is C10H20N2O4S. The number of ether oxygens (including phenoxy) is 1. The zero-order valence-electron chi connectivity index (χ0n) is 10.4. The van der Waals surface area contributed by atoms with Crippen LogP contribution in [0.25, 0.3) is 0 Å². The highest BCUT2D eigenvalue weighted by Crippen LogP contribution is 2.13. The van der Waals surface area contributed by atoms with Crippen LogP contribution in [-0.2, 0) is 14.6 Å². The van der Waals surface area contributed by atoms with Crippen molar-refractivity contribution in [1.29, 1.82) is 0 Å². The maximum atomic E-state index is 11.5. The van der Waals surface area contributed by atoms with Gasteiger partial charge >= 0.3 is 6.09 Å². The molecule has 0 aromatic carbocycles. The minimum atomic E-state index is -3.05. The Balaban J connectivity index is 2.51. The van der Waals surface area contributed by atoms with Gasteiger partial charge in [0.15, 0.2) is 9.84 Å². The fourth-order valence-electron chi connectivity index (χ4n) is 1.65. The normalized spacial score (nSPS) is 28.5. The molecule has 7 heteroatoms. The van der Waals surface area contributed by atoms with Gasteiger partial charge < -0.3 is 15.8 Å². The van der Waals surface area contributed by atoms with E-state index in [0.29, 0.717) is 6.42 Å². The van der Waals surface area contributed by atoms with Crippen molar-refractivity contribution in [3.63, 3.8) is 0 Å². The molecule has 0 aromatic rings. The summed E-state index contributed by atoms with van der Waals surface area (Å²) >= 11 is 0. The quantitative estimate of drug-likeness (QED) is 0.696. The van der Waals surface area contributed by atoms with Crippen molar-refractivity contribution >= 4 is 15.9 Å². The molecule has 1 fully saturated rings. The van der Waals surface area contributed by atoms with E-state index in [1.54, 1.807) is 20.8 Å². The van der Waals surface area contributed by atoms with E-state index < -0.39 is 27.6 Å². The Morgan fingerprint density at radius 3 is 2.47 bits per heavy atom. The molecule has 1 aliphatic rings. The van der Waals surface area contributed by atoms with Crippen LogP contribution < -0.4 is 11.1 Å². The monoisotopic (exact) mass is 264 g/mol. The second-order valence-electron chi connectivity index (χ2n) is 5.32. The van der Waals surface area contributed by atoms with Crippen LogP contribution in [0, 0.1) is 0 Å². The lowest BCUT2D eigenvalue weighted by molar-refractivity contribution is 0.0496. The first-order valence-corrected chi connectivity index (χ1v) is 7.37. The molecule has 0 aliphatic carbocycles. The van der Waals surface area contributed by atoms with E-state index in [-0.39, 0.29) is 17.5 Å². The minimum absolute atomic E-state index is 0.0567. The first kappa shape index (κ1) is 14.2. The van der Waals surface area contributed by atoms with Crippen LogP contribution in [0.3, 0.4) is 0 Å². The number of nitrogens with two attached hydrogens (primary N) is 1. The van der Waals surface area contributed by atoms with Gasteiger partial charge in [-0.25, -0.2) is 13.2 Å². The highest BCUT2D eigenvalue weighted by Gasteiger charge is 2.32. The van der Waals surface area contributed by atoms with E-state index in [0.717, 1.165) is 0 Å². The smallest absolute Gasteiger partial charge is 0.407 e. The maximum Gasteiger partial charge on any atom is 0.407 e. The third-order valence-electron chi connectivity index (χ3n) is 2.41. The Hall–Kier alpha value is -0.820. The number of amides is 1. The molecule has 1 saturated heterocycles. The molecule has 0 spiro atoms. The Morgan fingerprint density at radius 2 is 2.00 bits per heavy atom. The number of alkyl carbamates (subject to hydrolysis) is 1. The molecule has 17 heavy (non-hydrogen) atoms. The second kappa shape index (κ2) is 4.81. The van der Waals surface area contributed by atoms with Gasteiger partial charge in [-0.1, -0.05) is 0 Å². The highest BCUT2D eigenvalue weighted by atomic mass is 32.2. The number of nitrogens with one attached hydrogen (secondary N) is 1. The summed E-state index contributed by atoms with van der Waals surface area (Å²) in [6.45, 7) is 5.29. The van der Waals surface area contributed by atoms with Crippen molar-refractivity contribution in [2.24, 2.45) is 5.73 Å². The standard InChI is InChI=1S/C10H20N2O4S/c1-10(2,3)16-9(13)12-8-4-5-17(14,15)6-7(8)11/h7-8H,4-6,11H2,1-3H3,(H,12,13)/t7-,8-/m1/s1. The van der Waals surface area contributed by atoms with Crippen molar-refractivity contribution in [2.75, 3.05) is 11.5 Å². The number of carbonyl (C=O) groups excluding carboxylic acids is 1. The molecule has 100 valence electrons. The summed E-state index contributed by atoms with van der Waals surface area (Å²) in [6.07, 6.45) is -0.222. The van der Waals surface area contributed by atoms with Crippen LogP contribution in [0.1, 0.15) is 27.2 Å². The Kier molecular flexibility index (Phi) is 4.03. The van der Waals surface area contributed by atoms with Crippen molar-refractivity contribution in [3.8, 4) is 0 Å². The van der Waals surface area contributed by atoms with Gasteiger partial charge in [0, 0.05) is 12.1 Å². The Labute approximate surface area is 102 Å². The van der Waals surface area contributed by atoms with Gasteiger partial charge in [0.05, 0.1) is 11.5 Å². The summed E-state index contributed by atoms with van der Waals surface area (Å²) in [6, 6.07) is -0.908. The van der Waals surface area contributed by atoms with E-state index in [1.807, 2.05) is 0 Å². The molecule has 1 aliphatic heterocycles. The largest absolute Gasteiger partial charge is 0.444 e. The fourth-order valence-corrected chi connectivity index (χ4v) is 3.25. The predicted octanol–water partition coefficient (Wildman–Crippen LogP) is 0.0255. The maximum absolute atomic E-state index is 11.5. The zero-order valence-corrected chi connectivity index (χ0v) is 11.2. The average Bonchev–Trinajstić information content (AvgIpc) is 2.06. The van der Waals surface area contributed by atoms with Crippen LogP contribution in [-0.4, -0.2) is 43.7 Å². The molecule has 2 atom stereocenters.